The Bertz CT molecular complexity index is 557. The number of halogens is 1. The zero-order chi connectivity index (χ0) is 14.6. The van der Waals surface area contributed by atoms with Crippen molar-refractivity contribution in [1.82, 2.24) is 4.72 Å². The van der Waals surface area contributed by atoms with E-state index in [9.17, 15) is 12.8 Å². The summed E-state index contributed by atoms with van der Waals surface area (Å²) in [6.07, 6.45) is 3.86. The van der Waals surface area contributed by atoms with Crippen LogP contribution in [0.25, 0.3) is 0 Å². The molecule has 0 radical (unpaired) electrons. The smallest absolute Gasteiger partial charge is 0.240 e. The monoisotopic (exact) mass is 302 g/mol. The number of rotatable bonds is 5. The van der Waals surface area contributed by atoms with Crippen molar-refractivity contribution in [1.29, 1.82) is 0 Å². The van der Waals surface area contributed by atoms with Gasteiger partial charge in [-0.3, -0.25) is 0 Å². The summed E-state index contributed by atoms with van der Waals surface area (Å²) in [5.41, 5.74) is 5.25. The number of hydrogen-bond donors (Lipinski definition) is 2. The van der Waals surface area contributed by atoms with Crippen LogP contribution in [0.2, 0.25) is 0 Å². The zero-order valence-electron chi connectivity index (χ0n) is 11.1. The first-order valence-electron chi connectivity index (χ1n) is 6.65. The SMILES string of the molecule is Nc1ccc(S(=O)(=O)NCCC2CCCCO2)cc1F. The number of nitrogens with one attached hydrogen (secondary N) is 1. The third-order valence-electron chi connectivity index (χ3n) is 3.31. The molecule has 1 aliphatic rings. The fraction of sp³-hybridized carbons (Fsp3) is 0.538. The molecule has 0 bridgehead atoms. The van der Waals surface area contributed by atoms with Crippen LogP contribution in [-0.4, -0.2) is 27.7 Å². The van der Waals surface area contributed by atoms with Crippen LogP contribution in [0.5, 0.6) is 0 Å². The minimum absolute atomic E-state index is 0.0699. The van der Waals surface area contributed by atoms with E-state index >= 15 is 0 Å². The topological polar surface area (TPSA) is 81.4 Å². The lowest BCUT2D eigenvalue weighted by Gasteiger charge is -2.22. The molecule has 7 heteroatoms. The van der Waals surface area contributed by atoms with Crippen LogP contribution < -0.4 is 10.5 Å². The van der Waals surface area contributed by atoms with Crippen molar-refractivity contribution in [2.45, 2.75) is 36.7 Å². The van der Waals surface area contributed by atoms with Gasteiger partial charge in [-0.2, -0.15) is 0 Å². The van der Waals surface area contributed by atoms with Gasteiger partial charge in [0.2, 0.25) is 10.0 Å². The number of ether oxygens (including phenoxy) is 1. The van der Waals surface area contributed by atoms with Crippen LogP contribution in [0.15, 0.2) is 23.1 Å². The highest BCUT2D eigenvalue weighted by Crippen LogP contribution is 2.17. The normalized spacial score (nSPS) is 19.9. The maximum Gasteiger partial charge on any atom is 0.240 e. The molecule has 0 spiro atoms. The summed E-state index contributed by atoms with van der Waals surface area (Å²) in [7, 11) is -3.70. The number of nitrogens with two attached hydrogens (primary N) is 1. The maximum absolute atomic E-state index is 13.3. The molecule has 0 saturated carbocycles. The van der Waals surface area contributed by atoms with E-state index in [-0.39, 0.29) is 23.2 Å². The number of nitrogen functional groups attached to an aromatic ring is 1. The second-order valence-corrected chi connectivity index (χ2v) is 6.63. The van der Waals surface area contributed by atoms with E-state index in [1.165, 1.54) is 12.1 Å². The summed E-state index contributed by atoms with van der Waals surface area (Å²) in [6, 6.07) is 3.46. The highest BCUT2D eigenvalue weighted by Gasteiger charge is 2.18. The molecule has 1 aliphatic heterocycles. The van der Waals surface area contributed by atoms with Gasteiger partial charge in [0.15, 0.2) is 0 Å². The molecule has 0 aliphatic carbocycles. The second kappa shape index (κ2) is 6.51. The zero-order valence-corrected chi connectivity index (χ0v) is 12.0. The van der Waals surface area contributed by atoms with Gasteiger partial charge in [0.25, 0.3) is 0 Å². The van der Waals surface area contributed by atoms with E-state index in [4.69, 9.17) is 10.5 Å². The molecule has 1 aromatic rings. The third-order valence-corrected chi connectivity index (χ3v) is 4.77. The van der Waals surface area contributed by atoms with Crippen LogP contribution in [0.3, 0.4) is 0 Å². The van der Waals surface area contributed by atoms with Crippen molar-refractivity contribution >= 4 is 15.7 Å². The lowest BCUT2D eigenvalue weighted by molar-refractivity contribution is 0.0123. The Morgan fingerprint density at radius 2 is 2.20 bits per heavy atom. The van der Waals surface area contributed by atoms with Gasteiger partial charge in [0.05, 0.1) is 16.7 Å². The number of anilines is 1. The number of sulfonamides is 1. The van der Waals surface area contributed by atoms with Crippen molar-refractivity contribution in [2.75, 3.05) is 18.9 Å². The standard InChI is InChI=1S/C13H19FN2O3S/c14-12-9-11(4-5-13(12)15)20(17,18)16-7-6-10-3-1-2-8-19-10/h4-5,9-10,16H,1-3,6-8,15H2. The van der Waals surface area contributed by atoms with Crippen LogP contribution in [0, 0.1) is 5.82 Å². The Labute approximate surface area is 118 Å². The van der Waals surface area contributed by atoms with E-state index in [1.807, 2.05) is 0 Å². The van der Waals surface area contributed by atoms with E-state index in [1.54, 1.807) is 0 Å². The average molecular weight is 302 g/mol. The van der Waals surface area contributed by atoms with E-state index in [0.29, 0.717) is 6.42 Å². The molecule has 112 valence electrons. The van der Waals surface area contributed by atoms with Crippen LogP contribution >= 0.6 is 0 Å². The first kappa shape index (κ1) is 15.2. The van der Waals surface area contributed by atoms with Crippen molar-refractivity contribution in [3.8, 4) is 0 Å². The summed E-state index contributed by atoms with van der Waals surface area (Å²) in [5.74, 6) is -0.733. The van der Waals surface area contributed by atoms with Gasteiger partial charge in [0.1, 0.15) is 5.82 Å². The summed E-state index contributed by atoms with van der Waals surface area (Å²) >= 11 is 0. The van der Waals surface area contributed by atoms with Gasteiger partial charge in [-0.15, -0.1) is 0 Å². The molecule has 2 rings (SSSR count). The Kier molecular flexibility index (Phi) is 4.95. The predicted octanol–water partition coefficient (Wildman–Crippen LogP) is 1.65. The third kappa shape index (κ3) is 3.91. The van der Waals surface area contributed by atoms with Crippen LogP contribution in [0.1, 0.15) is 25.7 Å². The molecule has 1 heterocycles. The first-order chi connectivity index (χ1) is 9.49. The predicted molar refractivity (Wildman–Crippen MR) is 74.2 cm³/mol. The molecule has 3 N–H and O–H groups in total. The minimum Gasteiger partial charge on any atom is -0.396 e. The lowest BCUT2D eigenvalue weighted by Crippen LogP contribution is -2.29. The summed E-state index contributed by atoms with van der Waals surface area (Å²) in [4.78, 5) is -0.117. The van der Waals surface area contributed by atoms with Gasteiger partial charge in [-0.1, -0.05) is 0 Å². The molecule has 5 nitrogen and oxygen atoms in total. The first-order valence-corrected chi connectivity index (χ1v) is 8.13. The summed E-state index contributed by atoms with van der Waals surface area (Å²) in [5, 5.41) is 0. The molecule has 1 aromatic carbocycles. The van der Waals surface area contributed by atoms with Crippen molar-refractivity contribution < 1.29 is 17.5 Å². The molecule has 0 amide bonds. The Morgan fingerprint density at radius 1 is 1.40 bits per heavy atom. The van der Waals surface area contributed by atoms with E-state index in [0.717, 1.165) is 31.9 Å². The van der Waals surface area contributed by atoms with E-state index in [2.05, 4.69) is 4.72 Å². The molecular weight excluding hydrogens is 283 g/mol. The second-order valence-electron chi connectivity index (χ2n) is 4.86. The highest BCUT2D eigenvalue weighted by atomic mass is 32.2. The molecule has 1 unspecified atom stereocenters. The van der Waals surface area contributed by atoms with Crippen molar-refractivity contribution in [2.24, 2.45) is 0 Å². The van der Waals surface area contributed by atoms with Crippen LogP contribution in [0.4, 0.5) is 10.1 Å². The highest BCUT2D eigenvalue weighted by molar-refractivity contribution is 7.89. The van der Waals surface area contributed by atoms with Crippen molar-refractivity contribution in [3.63, 3.8) is 0 Å². The maximum atomic E-state index is 13.3. The molecule has 1 fully saturated rings. The average Bonchev–Trinajstić information content (AvgIpc) is 2.43. The van der Waals surface area contributed by atoms with Gasteiger partial charge < -0.3 is 10.5 Å². The van der Waals surface area contributed by atoms with Gasteiger partial charge in [0, 0.05) is 13.2 Å². The largest absolute Gasteiger partial charge is 0.396 e. The summed E-state index contributed by atoms with van der Waals surface area (Å²) in [6.45, 7) is 1.01. The Balaban J connectivity index is 1.91. The minimum atomic E-state index is -3.70. The molecule has 1 atom stereocenters. The van der Waals surface area contributed by atoms with E-state index < -0.39 is 15.8 Å². The Morgan fingerprint density at radius 3 is 2.85 bits per heavy atom. The fourth-order valence-electron chi connectivity index (χ4n) is 2.15. The van der Waals surface area contributed by atoms with Gasteiger partial charge in [-0.05, 0) is 43.9 Å². The number of benzene rings is 1. The van der Waals surface area contributed by atoms with Gasteiger partial charge >= 0.3 is 0 Å². The summed E-state index contributed by atoms with van der Waals surface area (Å²) < 4.78 is 45.2. The number of hydrogen-bond acceptors (Lipinski definition) is 4. The lowest BCUT2D eigenvalue weighted by atomic mass is 10.1. The quantitative estimate of drug-likeness (QED) is 0.810. The molecule has 0 aromatic heterocycles. The van der Waals surface area contributed by atoms with Gasteiger partial charge in [-0.25, -0.2) is 17.5 Å². The molecule has 20 heavy (non-hydrogen) atoms. The fourth-order valence-corrected chi connectivity index (χ4v) is 3.21. The Hall–Kier alpha value is -1.18. The van der Waals surface area contributed by atoms with Crippen LogP contribution in [-0.2, 0) is 14.8 Å². The molecule has 1 saturated heterocycles. The van der Waals surface area contributed by atoms with Crippen molar-refractivity contribution in [3.05, 3.63) is 24.0 Å². The molecular formula is C13H19FN2O3S.